The van der Waals surface area contributed by atoms with Crippen LogP contribution in [-0.2, 0) is 0 Å². The van der Waals surface area contributed by atoms with Crippen molar-refractivity contribution < 1.29 is 0 Å². The minimum Gasteiger partial charge on any atom is -0.342 e. The Labute approximate surface area is 116 Å². The molecule has 2 aliphatic rings. The predicted octanol–water partition coefficient (Wildman–Crippen LogP) is 4.77. The molecule has 2 aliphatic carbocycles. The van der Waals surface area contributed by atoms with Crippen molar-refractivity contribution in [1.29, 1.82) is 0 Å². The minimum atomic E-state index is 0.579. The zero-order valence-electron chi connectivity index (χ0n) is 9.92. The van der Waals surface area contributed by atoms with Gasteiger partial charge in [-0.1, -0.05) is 29.6 Å². The number of rotatable bonds is 1. The van der Waals surface area contributed by atoms with Crippen molar-refractivity contribution in [3.63, 3.8) is 0 Å². The van der Waals surface area contributed by atoms with E-state index in [4.69, 9.17) is 28.2 Å². The molecule has 94 valence electrons. The fourth-order valence-corrected chi connectivity index (χ4v) is 4.10. The Morgan fingerprint density at radius 3 is 2.67 bits per heavy atom. The van der Waals surface area contributed by atoms with Gasteiger partial charge in [0.2, 0.25) is 0 Å². The maximum atomic E-state index is 6.04. The molecule has 4 heteroatoms. The Kier molecular flexibility index (Phi) is 2.40. The van der Waals surface area contributed by atoms with E-state index in [-0.39, 0.29) is 0 Å². The van der Waals surface area contributed by atoms with Crippen LogP contribution in [0.15, 0.2) is 12.1 Å². The van der Waals surface area contributed by atoms with E-state index in [1.165, 1.54) is 25.7 Å². The van der Waals surface area contributed by atoms with E-state index in [0.29, 0.717) is 16.0 Å². The number of hydrogen-bond acceptors (Lipinski definition) is 1. The van der Waals surface area contributed by atoms with Crippen LogP contribution in [0, 0.1) is 11.8 Å². The Morgan fingerprint density at radius 1 is 1.11 bits per heavy atom. The van der Waals surface area contributed by atoms with Gasteiger partial charge in [0.05, 0.1) is 21.1 Å². The molecular formula is C14H14Cl2N2. The Bertz CT molecular complexity index is 581. The molecule has 18 heavy (non-hydrogen) atoms. The third-order valence-corrected chi connectivity index (χ3v) is 5.35. The molecule has 2 nitrogen and oxygen atoms in total. The lowest BCUT2D eigenvalue weighted by molar-refractivity contribution is 0.408. The number of halogens is 2. The smallest absolute Gasteiger partial charge is 0.110 e. The summed E-state index contributed by atoms with van der Waals surface area (Å²) < 4.78 is 0. The van der Waals surface area contributed by atoms with Crippen molar-refractivity contribution in [2.45, 2.75) is 31.6 Å². The molecule has 2 fully saturated rings. The summed E-state index contributed by atoms with van der Waals surface area (Å²) >= 11 is 12.1. The number of H-pyrrole nitrogens is 1. The number of nitrogens with one attached hydrogen (secondary N) is 1. The van der Waals surface area contributed by atoms with Crippen molar-refractivity contribution in [3.05, 3.63) is 28.0 Å². The molecule has 3 unspecified atom stereocenters. The normalized spacial score (nSPS) is 30.4. The average molecular weight is 281 g/mol. The number of hydrogen-bond donors (Lipinski definition) is 1. The maximum Gasteiger partial charge on any atom is 0.110 e. The molecule has 3 atom stereocenters. The summed E-state index contributed by atoms with van der Waals surface area (Å²) in [6.07, 6.45) is 5.47. The van der Waals surface area contributed by atoms with Gasteiger partial charge in [0.1, 0.15) is 5.82 Å². The topological polar surface area (TPSA) is 28.7 Å². The van der Waals surface area contributed by atoms with Crippen LogP contribution < -0.4 is 0 Å². The molecule has 2 saturated carbocycles. The third-order valence-electron chi connectivity index (χ3n) is 4.63. The van der Waals surface area contributed by atoms with Gasteiger partial charge in [-0.25, -0.2) is 4.98 Å². The summed E-state index contributed by atoms with van der Waals surface area (Å²) in [5.74, 6) is 3.52. The van der Waals surface area contributed by atoms with Crippen LogP contribution in [-0.4, -0.2) is 9.97 Å². The van der Waals surface area contributed by atoms with Crippen molar-refractivity contribution in [1.82, 2.24) is 9.97 Å². The highest BCUT2D eigenvalue weighted by Gasteiger charge is 2.41. The highest BCUT2D eigenvalue weighted by molar-refractivity contribution is 6.42. The molecule has 4 rings (SSSR count). The number of benzene rings is 1. The highest BCUT2D eigenvalue weighted by Crippen LogP contribution is 2.52. The average Bonchev–Trinajstić information content (AvgIpc) is 3.02. The second-order valence-electron chi connectivity index (χ2n) is 5.69. The lowest BCUT2D eigenvalue weighted by Gasteiger charge is -2.18. The number of imidazole rings is 1. The van der Waals surface area contributed by atoms with Crippen molar-refractivity contribution in [2.24, 2.45) is 11.8 Å². The zero-order valence-corrected chi connectivity index (χ0v) is 11.4. The van der Waals surface area contributed by atoms with E-state index in [1.807, 2.05) is 12.1 Å². The van der Waals surface area contributed by atoms with Gasteiger partial charge in [0.15, 0.2) is 0 Å². The molecule has 2 aromatic rings. The second-order valence-corrected chi connectivity index (χ2v) is 6.50. The van der Waals surface area contributed by atoms with Gasteiger partial charge in [-0.3, -0.25) is 0 Å². The second kappa shape index (κ2) is 3.88. The largest absolute Gasteiger partial charge is 0.342 e. The van der Waals surface area contributed by atoms with Gasteiger partial charge >= 0.3 is 0 Å². The summed E-state index contributed by atoms with van der Waals surface area (Å²) in [5, 5.41) is 1.17. The Balaban J connectivity index is 1.77. The van der Waals surface area contributed by atoms with Crippen LogP contribution in [0.25, 0.3) is 11.0 Å². The number of aromatic amines is 1. The number of aromatic nitrogens is 2. The molecular weight excluding hydrogens is 267 g/mol. The minimum absolute atomic E-state index is 0.579. The van der Waals surface area contributed by atoms with E-state index in [1.54, 1.807) is 0 Å². The summed E-state index contributed by atoms with van der Waals surface area (Å²) in [4.78, 5) is 8.15. The van der Waals surface area contributed by atoms with Gasteiger partial charge < -0.3 is 4.98 Å². The SMILES string of the molecule is Clc1cc2nc(C3CC4CCC3C4)[nH]c2cc1Cl. The zero-order chi connectivity index (χ0) is 12.3. The van der Waals surface area contributed by atoms with Crippen LogP contribution in [0.1, 0.15) is 37.4 Å². The predicted molar refractivity (Wildman–Crippen MR) is 74.3 cm³/mol. The molecule has 0 aliphatic heterocycles. The van der Waals surface area contributed by atoms with E-state index in [9.17, 15) is 0 Å². The van der Waals surface area contributed by atoms with Crippen molar-refractivity contribution in [3.8, 4) is 0 Å². The van der Waals surface area contributed by atoms with Gasteiger partial charge in [-0.15, -0.1) is 0 Å². The van der Waals surface area contributed by atoms with Gasteiger partial charge in [0, 0.05) is 5.92 Å². The molecule has 1 aromatic heterocycles. The fraction of sp³-hybridized carbons (Fsp3) is 0.500. The molecule has 2 bridgehead atoms. The van der Waals surface area contributed by atoms with E-state index in [2.05, 4.69) is 4.98 Å². The van der Waals surface area contributed by atoms with E-state index in [0.717, 1.165) is 28.7 Å². The van der Waals surface area contributed by atoms with Crippen molar-refractivity contribution >= 4 is 34.2 Å². The van der Waals surface area contributed by atoms with Gasteiger partial charge in [-0.05, 0) is 43.2 Å². The van der Waals surface area contributed by atoms with E-state index >= 15 is 0 Å². The molecule has 1 heterocycles. The molecule has 1 N–H and O–H groups in total. The third kappa shape index (κ3) is 1.59. The first-order valence-electron chi connectivity index (χ1n) is 6.55. The van der Waals surface area contributed by atoms with Crippen LogP contribution in [0.5, 0.6) is 0 Å². The first-order chi connectivity index (χ1) is 8.70. The lowest BCUT2D eigenvalue weighted by Crippen LogP contribution is -2.09. The van der Waals surface area contributed by atoms with Crippen molar-refractivity contribution in [2.75, 3.05) is 0 Å². The standard InChI is InChI=1S/C14H14Cl2N2/c15-10-5-12-13(6-11(10)16)18-14(17-12)9-4-7-1-2-8(9)3-7/h5-9H,1-4H2,(H,17,18). The number of nitrogens with zero attached hydrogens (tertiary/aromatic N) is 1. The summed E-state index contributed by atoms with van der Waals surface area (Å²) in [5.41, 5.74) is 1.93. The summed E-state index contributed by atoms with van der Waals surface area (Å²) in [6, 6.07) is 3.73. The van der Waals surface area contributed by atoms with Gasteiger partial charge in [-0.2, -0.15) is 0 Å². The first kappa shape index (κ1) is 11.1. The fourth-order valence-electron chi connectivity index (χ4n) is 3.78. The molecule has 0 amide bonds. The molecule has 0 radical (unpaired) electrons. The molecule has 1 aromatic carbocycles. The molecule has 0 saturated heterocycles. The highest BCUT2D eigenvalue weighted by atomic mass is 35.5. The Hall–Kier alpha value is -0.730. The lowest BCUT2D eigenvalue weighted by atomic mass is 9.88. The summed E-state index contributed by atoms with van der Waals surface area (Å²) in [6.45, 7) is 0. The Morgan fingerprint density at radius 2 is 1.94 bits per heavy atom. The van der Waals surface area contributed by atoms with Crippen LogP contribution in [0.4, 0.5) is 0 Å². The molecule has 0 spiro atoms. The maximum absolute atomic E-state index is 6.04. The van der Waals surface area contributed by atoms with Crippen LogP contribution >= 0.6 is 23.2 Å². The van der Waals surface area contributed by atoms with Crippen LogP contribution in [0.3, 0.4) is 0 Å². The first-order valence-corrected chi connectivity index (χ1v) is 7.31. The van der Waals surface area contributed by atoms with E-state index < -0.39 is 0 Å². The monoisotopic (exact) mass is 280 g/mol. The summed E-state index contributed by atoms with van der Waals surface area (Å²) in [7, 11) is 0. The quantitative estimate of drug-likeness (QED) is 0.801. The number of fused-ring (bicyclic) bond motifs is 3. The van der Waals surface area contributed by atoms with Gasteiger partial charge in [0.25, 0.3) is 0 Å². The van der Waals surface area contributed by atoms with Crippen LogP contribution in [0.2, 0.25) is 10.0 Å².